The molecule has 2 heterocycles. The van der Waals surface area contributed by atoms with Crippen LogP contribution in [0, 0.1) is 11.8 Å². The second kappa shape index (κ2) is 7.16. The average molecular weight is 341 g/mol. The highest BCUT2D eigenvalue weighted by molar-refractivity contribution is 6.07. The third kappa shape index (κ3) is 3.10. The molecule has 1 amide bonds. The number of nitrogens with zero attached hydrogens (tertiary/aromatic N) is 2. The van der Waals surface area contributed by atoms with Gasteiger partial charge in [-0.15, -0.1) is 12.4 Å². The minimum Gasteiger partial charge on any atom is -0.365 e. The first kappa shape index (κ1) is 17.5. The molecule has 0 unspecified atom stereocenters. The maximum absolute atomic E-state index is 11.7. The number of aromatic amines is 1. The fourth-order valence-electron chi connectivity index (χ4n) is 2.56. The van der Waals surface area contributed by atoms with Gasteiger partial charge in [-0.1, -0.05) is 43.2 Å². The molecule has 1 aromatic carbocycles. The minimum atomic E-state index is -0.540. The molecule has 5 nitrogen and oxygen atoms in total. The molecule has 2 aromatic heterocycles. The van der Waals surface area contributed by atoms with Crippen molar-refractivity contribution in [2.45, 2.75) is 19.8 Å². The number of halogens is 1. The number of hydrogen-bond acceptors (Lipinski definition) is 3. The summed E-state index contributed by atoms with van der Waals surface area (Å²) < 4.78 is 0. The Kier molecular flexibility index (Phi) is 5.22. The molecule has 3 N–H and O–H groups in total. The summed E-state index contributed by atoms with van der Waals surface area (Å²) in [7, 11) is 0. The van der Waals surface area contributed by atoms with Gasteiger partial charge in [0.15, 0.2) is 0 Å². The van der Waals surface area contributed by atoms with Crippen molar-refractivity contribution in [3.63, 3.8) is 0 Å². The summed E-state index contributed by atoms with van der Waals surface area (Å²) in [4.78, 5) is 23.7. The van der Waals surface area contributed by atoms with Gasteiger partial charge in [-0.3, -0.25) is 4.79 Å². The number of fused-ring (bicyclic) bond motifs is 1. The summed E-state index contributed by atoms with van der Waals surface area (Å²) in [6.45, 7) is 3.74. The maximum atomic E-state index is 11.7. The zero-order chi connectivity index (χ0) is 16.4. The van der Waals surface area contributed by atoms with E-state index in [1.165, 1.54) is 0 Å². The number of primary amides is 1. The number of carbonyl (C=O) groups is 1. The highest BCUT2D eigenvalue weighted by atomic mass is 35.5. The Hall–Kier alpha value is -2.84. The Morgan fingerprint density at radius 3 is 2.62 bits per heavy atom. The molecule has 122 valence electrons. The highest BCUT2D eigenvalue weighted by Gasteiger charge is 2.19. The molecule has 0 fully saturated rings. The third-order valence-corrected chi connectivity index (χ3v) is 3.75. The lowest BCUT2D eigenvalue weighted by atomic mass is 10.0. The van der Waals surface area contributed by atoms with Gasteiger partial charge < -0.3 is 10.7 Å². The molecule has 1 atom stereocenters. The van der Waals surface area contributed by atoms with Crippen LogP contribution < -0.4 is 5.73 Å². The molecular weight excluding hydrogens is 324 g/mol. The van der Waals surface area contributed by atoms with Gasteiger partial charge in [0.05, 0.1) is 10.9 Å². The Morgan fingerprint density at radius 1 is 1.29 bits per heavy atom. The molecule has 0 aliphatic rings. The number of hydrogen-bond donors (Lipinski definition) is 2. The van der Waals surface area contributed by atoms with E-state index in [4.69, 9.17) is 5.73 Å². The third-order valence-electron chi connectivity index (χ3n) is 3.75. The number of benzene rings is 1. The number of aromatic nitrogens is 3. The van der Waals surface area contributed by atoms with Crippen LogP contribution in [0.5, 0.6) is 0 Å². The van der Waals surface area contributed by atoms with Crippen LogP contribution in [0.4, 0.5) is 0 Å². The molecule has 0 aliphatic carbocycles. The number of rotatable bonds is 3. The summed E-state index contributed by atoms with van der Waals surface area (Å²) >= 11 is 0. The van der Waals surface area contributed by atoms with Crippen LogP contribution in [0.15, 0.2) is 36.5 Å². The van der Waals surface area contributed by atoms with Crippen molar-refractivity contribution in [1.29, 1.82) is 0 Å². The summed E-state index contributed by atoms with van der Waals surface area (Å²) in [5, 5.41) is 0.597. The van der Waals surface area contributed by atoms with Crippen LogP contribution in [0.2, 0.25) is 0 Å². The maximum Gasteiger partial charge on any atom is 0.252 e. The lowest BCUT2D eigenvalue weighted by Crippen LogP contribution is -2.12. The Morgan fingerprint density at radius 2 is 2.00 bits per heavy atom. The van der Waals surface area contributed by atoms with Crippen LogP contribution in [0.1, 0.15) is 47.2 Å². The van der Waals surface area contributed by atoms with Crippen LogP contribution in [-0.2, 0) is 0 Å². The number of amides is 1. The van der Waals surface area contributed by atoms with E-state index < -0.39 is 5.91 Å². The van der Waals surface area contributed by atoms with E-state index in [2.05, 4.69) is 26.8 Å². The van der Waals surface area contributed by atoms with Crippen molar-refractivity contribution in [2.24, 2.45) is 5.73 Å². The Balaban J connectivity index is 0.00000208. The van der Waals surface area contributed by atoms with Gasteiger partial charge in [0.25, 0.3) is 5.91 Å². The SMILES string of the molecule is CC#Cc1[nH]c2nc([C@H](C)c3ccccc3)ncc2c1C(N)=O.Cl. The first-order valence-corrected chi connectivity index (χ1v) is 7.28. The zero-order valence-corrected chi connectivity index (χ0v) is 14.1. The molecular formula is C18H17ClN4O. The van der Waals surface area contributed by atoms with Crippen molar-refractivity contribution < 1.29 is 4.79 Å². The standard InChI is InChI=1S/C18H16N4O.ClH/c1-3-7-14-15(16(19)23)13-10-20-17(22-18(13)21-14)11(2)12-8-5-4-6-9-12;/h4-6,8-11H,1-2H3,(H2,19,23)(H,20,21,22);1H/t11-;/m1./s1. The number of nitrogens with two attached hydrogens (primary N) is 1. The van der Waals surface area contributed by atoms with Gasteiger partial charge in [0, 0.05) is 12.1 Å². The highest BCUT2D eigenvalue weighted by Crippen LogP contribution is 2.24. The number of nitrogens with one attached hydrogen (secondary N) is 1. The monoisotopic (exact) mass is 340 g/mol. The number of carbonyl (C=O) groups excluding carboxylic acids is 1. The molecule has 0 spiro atoms. The van der Waals surface area contributed by atoms with Crippen molar-refractivity contribution in [2.75, 3.05) is 0 Å². The Bertz CT molecular complexity index is 938. The topological polar surface area (TPSA) is 84.7 Å². The first-order valence-electron chi connectivity index (χ1n) is 7.28. The Labute approximate surface area is 146 Å². The molecule has 24 heavy (non-hydrogen) atoms. The summed E-state index contributed by atoms with van der Waals surface area (Å²) in [5.41, 5.74) is 7.98. The van der Waals surface area contributed by atoms with E-state index >= 15 is 0 Å². The molecule has 0 radical (unpaired) electrons. The summed E-state index contributed by atoms with van der Waals surface area (Å²) in [6, 6.07) is 10.0. The molecule has 6 heteroatoms. The van der Waals surface area contributed by atoms with E-state index in [1.807, 2.05) is 37.3 Å². The van der Waals surface area contributed by atoms with Gasteiger partial charge in [0.1, 0.15) is 17.2 Å². The van der Waals surface area contributed by atoms with Gasteiger partial charge >= 0.3 is 0 Å². The first-order chi connectivity index (χ1) is 11.1. The molecule has 3 aromatic rings. The average Bonchev–Trinajstić information content (AvgIpc) is 2.92. The second-order valence-electron chi connectivity index (χ2n) is 5.24. The molecule has 0 bridgehead atoms. The van der Waals surface area contributed by atoms with Crippen molar-refractivity contribution in [3.05, 3.63) is 59.2 Å². The van der Waals surface area contributed by atoms with Crippen molar-refractivity contribution >= 4 is 29.3 Å². The summed E-state index contributed by atoms with van der Waals surface area (Å²) in [5.74, 6) is 5.80. The van der Waals surface area contributed by atoms with Gasteiger partial charge in [-0.25, -0.2) is 9.97 Å². The van der Waals surface area contributed by atoms with Gasteiger partial charge in [-0.05, 0) is 18.4 Å². The zero-order valence-electron chi connectivity index (χ0n) is 13.3. The predicted molar refractivity (Wildman–Crippen MR) is 96.2 cm³/mol. The van der Waals surface area contributed by atoms with Crippen molar-refractivity contribution in [3.8, 4) is 11.8 Å². The van der Waals surface area contributed by atoms with E-state index in [9.17, 15) is 4.79 Å². The van der Waals surface area contributed by atoms with E-state index in [0.717, 1.165) is 5.56 Å². The molecule has 0 saturated heterocycles. The van der Waals surface area contributed by atoms with Gasteiger partial charge in [-0.2, -0.15) is 0 Å². The fourth-order valence-corrected chi connectivity index (χ4v) is 2.56. The quantitative estimate of drug-likeness (QED) is 0.719. The largest absolute Gasteiger partial charge is 0.365 e. The van der Waals surface area contributed by atoms with Crippen LogP contribution in [0.25, 0.3) is 11.0 Å². The normalized spacial score (nSPS) is 11.2. The van der Waals surface area contributed by atoms with Crippen molar-refractivity contribution in [1.82, 2.24) is 15.0 Å². The lowest BCUT2D eigenvalue weighted by molar-refractivity contribution is 0.100. The van der Waals surface area contributed by atoms with Crippen LogP contribution in [0.3, 0.4) is 0 Å². The summed E-state index contributed by atoms with van der Waals surface area (Å²) in [6.07, 6.45) is 1.63. The molecule has 0 saturated carbocycles. The van der Waals surface area contributed by atoms with Crippen LogP contribution in [-0.4, -0.2) is 20.9 Å². The fraction of sp³-hybridized carbons (Fsp3) is 0.167. The van der Waals surface area contributed by atoms with Crippen LogP contribution >= 0.6 is 12.4 Å². The smallest absolute Gasteiger partial charge is 0.252 e. The van der Waals surface area contributed by atoms with E-state index in [0.29, 0.717) is 28.1 Å². The predicted octanol–water partition coefficient (Wildman–Crippen LogP) is 3.00. The van der Waals surface area contributed by atoms with Gasteiger partial charge in [0.2, 0.25) is 0 Å². The van der Waals surface area contributed by atoms with E-state index in [1.54, 1.807) is 13.1 Å². The number of H-pyrrole nitrogens is 1. The van der Waals surface area contributed by atoms with E-state index in [-0.39, 0.29) is 18.3 Å². The molecule has 0 aliphatic heterocycles. The minimum absolute atomic E-state index is 0. The molecule has 3 rings (SSSR count). The lowest BCUT2D eigenvalue weighted by Gasteiger charge is -2.10. The second-order valence-corrected chi connectivity index (χ2v) is 5.24.